The molecule has 0 fully saturated rings. The third-order valence-electron chi connectivity index (χ3n) is 5.16. The van der Waals surface area contributed by atoms with Gasteiger partial charge in [-0.2, -0.15) is 0 Å². The quantitative estimate of drug-likeness (QED) is 0.392. The van der Waals surface area contributed by atoms with Gasteiger partial charge < -0.3 is 19.2 Å². The van der Waals surface area contributed by atoms with Crippen LogP contribution in [0.1, 0.15) is 30.9 Å². The van der Waals surface area contributed by atoms with Crippen LogP contribution in [-0.2, 0) is 4.79 Å². The lowest BCUT2D eigenvalue weighted by atomic mass is 10.0. The van der Waals surface area contributed by atoms with E-state index in [0.29, 0.717) is 28.8 Å². The van der Waals surface area contributed by atoms with Gasteiger partial charge in [0.05, 0.1) is 12.8 Å². The summed E-state index contributed by atoms with van der Waals surface area (Å²) in [4.78, 5) is 17.2. The molecule has 0 aliphatic heterocycles. The molecule has 3 aromatic carbocycles. The molecule has 6 nitrogen and oxygen atoms in total. The molecule has 0 bridgehead atoms. The van der Waals surface area contributed by atoms with Crippen LogP contribution < -0.4 is 14.8 Å². The summed E-state index contributed by atoms with van der Waals surface area (Å²) in [5.74, 6) is 1.75. The normalized spacial score (nSPS) is 11.0. The molecule has 0 spiro atoms. The van der Waals surface area contributed by atoms with E-state index in [2.05, 4.69) is 24.1 Å². The number of ether oxygens (including phenoxy) is 2. The first-order valence-electron chi connectivity index (χ1n) is 10.5. The van der Waals surface area contributed by atoms with Gasteiger partial charge in [-0.05, 0) is 60.4 Å². The highest BCUT2D eigenvalue weighted by molar-refractivity contribution is 5.94. The molecular weight excluding hydrogens is 404 g/mol. The molecule has 4 aromatic rings. The summed E-state index contributed by atoms with van der Waals surface area (Å²) in [6, 6.07) is 19.0. The first-order valence-corrected chi connectivity index (χ1v) is 10.5. The number of aromatic nitrogens is 1. The van der Waals surface area contributed by atoms with Gasteiger partial charge in [0.1, 0.15) is 17.0 Å². The average Bonchev–Trinajstić information content (AvgIpc) is 3.22. The van der Waals surface area contributed by atoms with E-state index in [1.165, 1.54) is 0 Å². The highest BCUT2D eigenvalue weighted by Gasteiger charge is 2.15. The molecule has 0 aliphatic carbocycles. The van der Waals surface area contributed by atoms with Crippen molar-refractivity contribution in [2.24, 2.45) is 0 Å². The number of aryl methyl sites for hydroxylation is 1. The van der Waals surface area contributed by atoms with Gasteiger partial charge in [0, 0.05) is 5.56 Å². The molecule has 4 rings (SSSR count). The van der Waals surface area contributed by atoms with E-state index in [-0.39, 0.29) is 12.5 Å². The van der Waals surface area contributed by atoms with Gasteiger partial charge in [0.15, 0.2) is 12.2 Å². The van der Waals surface area contributed by atoms with Crippen LogP contribution in [0.2, 0.25) is 0 Å². The van der Waals surface area contributed by atoms with Crippen molar-refractivity contribution >= 4 is 22.7 Å². The van der Waals surface area contributed by atoms with Gasteiger partial charge in [0.2, 0.25) is 5.89 Å². The largest absolute Gasteiger partial charge is 0.495 e. The first kappa shape index (κ1) is 21.4. The fourth-order valence-corrected chi connectivity index (χ4v) is 3.51. The van der Waals surface area contributed by atoms with Crippen LogP contribution in [0, 0.1) is 6.92 Å². The number of anilines is 1. The number of nitrogens with one attached hydrogen (secondary N) is 1. The Morgan fingerprint density at radius 2 is 1.88 bits per heavy atom. The monoisotopic (exact) mass is 430 g/mol. The SMILES string of the molecule is COc1ccc(-c2nc3ccccc3o2)cc1NC(=O)COc1cc(C)ccc1C(C)C. The zero-order valence-corrected chi connectivity index (χ0v) is 18.6. The predicted molar refractivity (Wildman–Crippen MR) is 125 cm³/mol. The molecular formula is C26H26N2O4. The molecule has 164 valence electrons. The number of carbonyl (C=O) groups is 1. The lowest BCUT2D eigenvalue weighted by Crippen LogP contribution is -2.21. The van der Waals surface area contributed by atoms with Crippen LogP contribution in [0.5, 0.6) is 11.5 Å². The summed E-state index contributed by atoms with van der Waals surface area (Å²) < 4.78 is 17.1. The zero-order valence-electron chi connectivity index (χ0n) is 18.6. The Balaban J connectivity index is 1.53. The fourth-order valence-electron chi connectivity index (χ4n) is 3.51. The van der Waals surface area contributed by atoms with E-state index < -0.39 is 0 Å². The van der Waals surface area contributed by atoms with Gasteiger partial charge in [-0.15, -0.1) is 0 Å². The number of fused-ring (bicyclic) bond motifs is 1. The summed E-state index contributed by atoms with van der Waals surface area (Å²) in [6.45, 7) is 6.08. The molecule has 0 saturated heterocycles. The lowest BCUT2D eigenvalue weighted by molar-refractivity contribution is -0.118. The number of methoxy groups -OCH3 is 1. The topological polar surface area (TPSA) is 73.6 Å². The van der Waals surface area contributed by atoms with Crippen LogP contribution in [0.3, 0.4) is 0 Å². The molecule has 1 aromatic heterocycles. The Morgan fingerprint density at radius 3 is 2.62 bits per heavy atom. The van der Waals surface area contributed by atoms with Crippen molar-refractivity contribution < 1.29 is 18.7 Å². The molecule has 0 saturated carbocycles. The second-order valence-electron chi connectivity index (χ2n) is 7.93. The minimum Gasteiger partial charge on any atom is -0.495 e. The second kappa shape index (κ2) is 9.14. The number of hydrogen-bond donors (Lipinski definition) is 1. The first-order chi connectivity index (χ1) is 15.4. The Kier molecular flexibility index (Phi) is 6.12. The number of carbonyl (C=O) groups excluding carboxylic acids is 1. The number of hydrogen-bond acceptors (Lipinski definition) is 5. The zero-order chi connectivity index (χ0) is 22.7. The van der Waals surface area contributed by atoms with Gasteiger partial charge in [-0.1, -0.05) is 38.1 Å². The highest BCUT2D eigenvalue weighted by Crippen LogP contribution is 2.32. The van der Waals surface area contributed by atoms with Gasteiger partial charge in [-0.3, -0.25) is 4.79 Å². The predicted octanol–water partition coefficient (Wildman–Crippen LogP) is 5.95. The molecule has 0 radical (unpaired) electrons. The lowest BCUT2D eigenvalue weighted by Gasteiger charge is -2.15. The minimum atomic E-state index is -0.283. The molecule has 1 heterocycles. The summed E-state index contributed by atoms with van der Waals surface area (Å²) in [5, 5.41) is 2.88. The van der Waals surface area contributed by atoms with Crippen molar-refractivity contribution in [3.05, 3.63) is 71.8 Å². The minimum absolute atomic E-state index is 0.112. The number of para-hydroxylation sites is 2. The van der Waals surface area contributed by atoms with E-state index in [1.54, 1.807) is 19.2 Å². The van der Waals surface area contributed by atoms with Crippen LogP contribution in [0.15, 0.2) is 65.1 Å². The smallest absolute Gasteiger partial charge is 0.262 e. The van der Waals surface area contributed by atoms with Crippen molar-refractivity contribution in [3.8, 4) is 23.0 Å². The Hall–Kier alpha value is -3.80. The maximum atomic E-state index is 12.7. The van der Waals surface area contributed by atoms with Gasteiger partial charge in [0.25, 0.3) is 5.91 Å². The highest BCUT2D eigenvalue weighted by atomic mass is 16.5. The average molecular weight is 431 g/mol. The van der Waals surface area contributed by atoms with Crippen molar-refractivity contribution in [1.82, 2.24) is 4.98 Å². The third-order valence-corrected chi connectivity index (χ3v) is 5.16. The summed E-state index contributed by atoms with van der Waals surface area (Å²) in [6.07, 6.45) is 0. The molecule has 1 N–H and O–H groups in total. The van der Waals surface area contributed by atoms with E-state index in [1.807, 2.05) is 55.5 Å². The fraction of sp³-hybridized carbons (Fsp3) is 0.231. The van der Waals surface area contributed by atoms with Crippen molar-refractivity contribution in [3.63, 3.8) is 0 Å². The summed E-state index contributed by atoms with van der Waals surface area (Å²) in [5.41, 5.74) is 4.89. The van der Waals surface area contributed by atoms with Crippen LogP contribution in [0.4, 0.5) is 5.69 Å². The van der Waals surface area contributed by atoms with E-state index >= 15 is 0 Å². The Morgan fingerprint density at radius 1 is 1.06 bits per heavy atom. The van der Waals surface area contributed by atoms with Crippen LogP contribution >= 0.6 is 0 Å². The van der Waals surface area contributed by atoms with Crippen LogP contribution in [-0.4, -0.2) is 24.6 Å². The summed E-state index contributed by atoms with van der Waals surface area (Å²) >= 11 is 0. The maximum Gasteiger partial charge on any atom is 0.262 e. The van der Waals surface area contributed by atoms with E-state index in [4.69, 9.17) is 13.9 Å². The standard InChI is InChI=1S/C26H26N2O4/c1-16(2)19-11-9-17(3)13-24(19)31-15-25(29)27-21-14-18(10-12-22(21)30-4)26-28-20-7-5-6-8-23(20)32-26/h5-14,16H,15H2,1-4H3,(H,27,29). The number of benzene rings is 3. The number of nitrogens with zero attached hydrogens (tertiary/aromatic N) is 1. The molecule has 1 amide bonds. The van der Waals surface area contributed by atoms with Crippen molar-refractivity contribution in [2.45, 2.75) is 26.7 Å². The van der Waals surface area contributed by atoms with Crippen molar-refractivity contribution in [2.75, 3.05) is 19.0 Å². The molecule has 32 heavy (non-hydrogen) atoms. The molecule has 0 aliphatic rings. The van der Waals surface area contributed by atoms with E-state index in [9.17, 15) is 4.79 Å². The number of rotatable bonds is 7. The molecule has 0 atom stereocenters. The molecule has 6 heteroatoms. The molecule has 0 unspecified atom stereocenters. The Labute approximate surface area is 187 Å². The second-order valence-corrected chi connectivity index (χ2v) is 7.93. The number of oxazole rings is 1. The summed E-state index contributed by atoms with van der Waals surface area (Å²) in [7, 11) is 1.56. The number of amides is 1. The Bertz CT molecular complexity index is 1230. The maximum absolute atomic E-state index is 12.7. The van der Waals surface area contributed by atoms with Crippen LogP contribution in [0.25, 0.3) is 22.6 Å². The van der Waals surface area contributed by atoms with Gasteiger partial charge >= 0.3 is 0 Å². The van der Waals surface area contributed by atoms with Crippen molar-refractivity contribution in [1.29, 1.82) is 0 Å². The van der Waals surface area contributed by atoms with E-state index in [0.717, 1.165) is 28.0 Å². The third kappa shape index (κ3) is 4.59. The van der Waals surface area contributed by atoms with Gasteiger partial charge in [-0.25, -0.2) is 4.98 Å².